The van der Waals surface area contributed by atoms with Crippen LogP contribution < -0.4 is 5.43 Å². The number of para-hydroxylation sites is 1. The first kappa shape index (κ1) is 15.4. The van der Waals surface area contributed by atoms with Crippen molar-refractivity contribution in [2.24, 2.45) is 5.10 Å². The summed E-state index contributed by atoms with van der Waals surface area (Å²) in [4.78, 5) is 10.3. The highest BCUT2D eigenvalue weighted by Gasteiger charge is 2.06. The molecule has 3 rings (SSSR count). The highest BCUT2D eigenvalue weighted by atomic mass is 16.6. The van der Waals surface area contributed by atoms with Gasteiger partial charge in [-0.15, -0.1) is 0 Å². The van der Waals surface area contributed by atoms with E-state index < -0.39 is 4.92 Å². The molecule has 120 valence electrons. The van der Waals surface area contributed by atoms with E-state index in [1.807, 2.05) is 43.5 Å². The molecule has 3 aromatic rings. The van der Waals surface area contributed by atoms with Crippen LogP contribution in [0, 0.1) is 17.0 Å². The molecule has 0 amide bonds. The number of nitrogens with one attached hydrogen (secondary N) is 1. The Morgan fingerprint density at radius 1 is 1.21 bits per heavy atom. The fraction of sp³-hybridized carbons (Fsp3) is 0.0588. The first-order chi connectivity index (χ1) is 11.6. The predicted octanol–water partition coefficient (Wildman–Crippen LogP) is 3.53. The SMILES string of the molecule is Cc1nn(-c2ccccc2)cc1/C=N\Nc1cccc([N+](=O)[O-])c1. The highest BCUT2D eigenvalue weighted by Crippen LogP contribution is 2.17. The molecular formula is C17H15N5O2. The van der Waals surface area contributed by atoms with E-state index in [-0.39, 0.29) is 5.69 Å². The highest BCUT2D eigenvalue weighted by molar-refractivity contribution is 5.81. The molecule has 0 fully saturated rings. The molecule has 1 heterocycles. The van der Waals surface area contributed by atoms with Gasteiger partial charge in [-0.3, -0.25) is 15.5 Å². The van der Waals surface area contributed by atoms with Gasteiger partial charge in [-0.1, -0.05) is 24.3 Å². The molecule has 1 N–H and O–H groups in total. The van der Waals surface area contributed by atoms with Crippen molar-refractivity contribution in [1.29, 1.82) is 0 Å². The maximum atomic E-state index is 10.8. The molecule has 0 unspecified atom stereocenters. The van der Waals surface area contributed by atoms with Crippen LogP contribution in [0.2, 0.25) is 0 Å². The first-order valence-corrected chi connectivity index (χ1v) is 7.29. The van der Waals surface area contributed by atoms with Gasteiger partial charge in [-0.25, -0.2) is 4.68 Å². The Kier molecular flexibility index (Phi) is 4.33. The van der Waals surface area contributed by atoms with Gasteiger partial charge in [-0.2, -0.15) is 10.2 Å². The van der Waals surface area contributed by atoms with Crippen LogP contribution >= 0.6 is 0 Å². The maximum Gasteiger partial charge on any atom is 0.271 e. The van der Waals surface area contributed by atoms with E-state index in [0.29, 0.717) is 5.69 Å². The summed E-state index contributed by atoms with van der Waals surface area (Å²) in [5, 5.41) is 19.3. The van der Waals surface area contributed by atoms with Gasteiger partial charge in [0.05, 0.1) is 28.2 Å². The van der Waals surface area contributed by atoms with Crippen LogP contribution in [-0.4, -0.2) is 20.9 Å². The molecular weight excluding hydrogens is 306 g/mol. The van der Waals surface area contributed by atoms with Crippen LogP contribution in [0.5, 0.6) is 0 Å². The van der Waals surface area contributed by atoms with Crippen molar-refractivity contribution in [1.82, 2.24) is 9.78 Å². The molecule has 2 aromatic carbocycles. The average Bonchev–Trinajstić information content (AvgIpc) is 2.97. The minimum atomic E-state index is -0.442. The molecule has 7 nitrogen and oxygen atoms in total. The van der Waals surface area contributed by atoms with Gasteiger partial charge in [-0.05, 0) is 25.1 Å². The van der Waals surface area contributed by atoms with Crippen LogP contribution in [0.4, 0.5) is 11.4 Å². The second-order valence-corrected chi connectivity index (χ2v) is 5.13. The van der Waals surface area contributed by atoms with Crippen LogP contribution in [0.3, 0.4) is 0 Å². The Bertz CT molecular complexity index is 887. The Labute approximate surface area is 138 Å². The fourth-order valence-electron chi connectivity index (χ4n) is 2.18. The lowest BCUT2D eigenvalue weighted by Crippen LogP contribution is -1.93. The predicted molar refractivity (Wildman–Crippen MR) is 92.6 cm³/mol. The summed E-state index contributed by atoms with van der Waals surface area (Å²) in [5.41, 5.74) is 6.02. The number of hydrogen-bond acceptors (Lipinski definition) is 5. The summed E-state index contributed by atoms with van der Waals surface area (Å²) in [6, 6.07) is 16.0. The minimum absolute atomic E-state index is 0.0169. The number of nitrogens with zero attached hydrogens (tertiary/aromatic N) is 4. The quantitative estimate of drug-likeness (QED) is 0.442. The number of rotatable bonds is 5. The second kappa shape index (κ2) is 6.74. The summed E-state index contributed by atoms with van der Waals surface area (Å²) < 4.78 is 1.78. The van der Waals surface area contributed by atoms with Gasteiger partial charge in [0, 0.05) is 23.9 Å². The Morgan fingerprint density at radius 3 is 2.75 bits per heavy atom. The van der Waals surface area contributed by atoms with Gasteiger partial charge >= 0.3 is 0 Å². The largest absolute Gasteiger partial charge is 0.278 e. The van der Waals surface area contributed by atoms with Gasteiger partial charge in [0.15, 0.2) is 0 Å². The number of benzene rings is 2. The van der Waals surface area contributed by atoms with Crippen molar-refractivity contribution in [3.05, 3.63) is 82.2 Å². The lowest BCUT2D eigenvalue weighted by Gasteiger charge is -1.99. The lowest BCUT2D eigenvalue weighted by molar-refractivity contribution is -0.384. The van der Waals surface area contributed by atoms with Crippen molar-refractivity contribution in [2.75, 3.05) is 5.43 Å². The molecule has 0 saturated carbocycles. The number of non-ortho nitro benzene ring substituents is 1. The summed E-state index contributed by atoms with van der Waals surface area (Å²) in [6.07, 6.45) is 3.52. The monoisotopic (exact) mass is 321 g/mol. The molecule has 0 atom stereocenters. The van der Waals surface area contributed by atoms with Crippen molar-refractivity contribution in [2.45, 2.75) is 6.92 Å². The minimum Gasteiger partial charge on any atom is -0.278 e. The van der Waals surface area contributed by atoms with Crippen LogP contribution in [0.1, 0.15) is 11.3 Å². The van der Waals surface area contributed by atoms with E-state index in [0.717, 1.165) is 16.9 Å². The van der Waals surface area contributed by atoms with E-state index in [1.165, 1.54) is 12.1 Å². The van der Waals surface area contributed by atoms with E-state index in [1.54, 1.807) is 23.0 Å². The number of nitro benzene ring substituents is 1. The zero-order chi connectivity index (χ0) is 16.9. The van der Waals surface area contributed by atoms with Crippen LogP contribution in [0.15, 0.2) is 65.9 Å². The third-order valence-electron chi connectivity index (χ3n) is 3.41. The Balaban J connectivity index is 1.74. The Hall–Kier alpha value is -3.48. The molecule has 7 heteroatoms. The summed E-state index contributed by atoms with van der Waals surface area (Å²) in [5.74, 6) is 0. The van der Waals surface area contributed by atoms with Crippen LogP contribution in [0.25, 0.3) is 5.69 Å². The topological polar surface area (TPSA) is 85.3 Å². The molecule has 0 aliphatic rings. The molecule has 0 spiro atoms. The normalized spacial score (nSPS) is 10.9. The first-order valence-electron chi connectivity index (χ1n) is 7.29. The number of hydrogen-bond donors (Lipinski definition) is 1. The van der Waals surface area contributed by atoms with Crippen molar-refractivity contribution in [3.8, 4) is 5.69 Å². The zero-order valence-corrected chi connectivity index (χ0v) is 13.0. The molecule has 0 aliphatic heterocycles. The number of aromatic nitrogens is 2. The van der Waals surface area contributed by atoms with Gasteiger partial charge in [0.25, 0.3) is 5.69 Å². The second-order valence-electron chi connectivity index (χ2n) is 5.13. The summed E-state index contributed by atoms with van der Waals surface area (Å²) >= 11 is 0. The third-order valence-corrected chi connectivity index (χ3v) is 3.41. The van der Waals surface area contributed by atoms with Gasteiger partial charge in [0.2, 0.25) is 0 Å². The number of aryl methyl sites for hydroxylation is 1. The molecule has 24 heavy (non-hydrogen) atoms. The van der Waals surface area contributed by atoms with Gasteiger partial charge < -0.3 is 0 Å². The van der Waals surface area contributed by atoms with Gasteiger partial charge in [0.1, 0.15) is 0 Å². The van der Waals surface area contributed by atoms with E-state index in [9.17, 15) is 10.1 Å². The molecule has 0 saturated heterocycles. The van der Waals surface area contributed by atoms with E-state index in [2.05, 4.69) is 15.6 Å². The molecule has 0 aliphatic carbocycles. The standard InChI is InChI=1S/C17H15N5O2/c1-13-14(12-21(20-13)16-7-3-2-4-8-16)11-18-19-15-6-5-9-17(10-15)22(23)24/h2-12,19H,1H3/b18-11-. The number of anilines is 1. The maximum absolute atomic E-state index is 10.8. The zero-order valence-electron chi connectivity index (χ0n) is 13.0. The summed E-state index contributed by atoms with van der Waals surface area (Å²) in [6.45, 7) is 1.90. The smallest absolute Gasteiger partial charge is 0.271 e. The molecule has 0 bridgehead atoms. The summed E-state index contributed by atoms with van der Waals surface area (Å²) in [7, 11) is 0. The van der Waals surface area contributed by atoms with Crippen molar-refractivity contribution >= 4 is 17.6 Å². The van der Waals surface area contributed by atoms with E-state index in [4.69, 9.17) is 0 Å². The van der Waals surface area contributed by atoms with Crippen molar-refractivity contribution < 1.29 is 4.92 Å². The fourth-order valence-corrected chi connectivity index (χ4v) is 2.18. The number of hydrazone groups is 1. The van der Waals surface area contributed by atoms with Crippen LogP contribution in [-0.2, 0) is 0 Å². The molecule has 1 aromatic heterocycles. The average molecular weight is 321 g/mol. The Morgan fingerprint density at radius 2 is 2.00 bits per heavy atom. The number of nitro groups is 1. The molecule has 0 radical (unpaired) electrons. The van der Waals surface area contributed by atoms with E-state index >= 15 is 0 Å². The lowest BCUT2D eigenvalue weighted by atomic mass is 10.3. The van der Waals surface area contributed by atoms with Crippen molar-refractivity contribution in [3.63, 3.8) is 0 Å². The third kappa shape index (κ3) is 3.46.